The van der Waals surface area contributed by atoms with Crippen molar-refractivity contribution < 1.29 is 5.11 Å². The number of aromatic hydroxyl groups is 1. The van der Waals surface area contributed by atoms with E-state index in [9.17, 15) is 9.90 Å². The molecule has 1 unspecified atom stereocenters. The van der Waals surface area contributed by atoms with E-state index < -0.39 is 6.04 Å². The predicted octanol–water partition coefficient (Wildman–Crippen LogP) is 2.13. The Morgan fingerprint density at radius 1 is 1.07 bits per heavy atom. The Kier molecular flexibility index (Phi) is 3.48. The maximum absolute atomic E-state index is 12.6. The first kappa shape index (κ1) is 16.2. The summed E-state index contributed by atoms with van der Waals surface area (Å²) in [4.78, 5) is 12.6. The predicted molar refractivity (Wildman–Crippen MR) is 101 cm³/mol. The first-order valence-corrected chi connectivity index (χ1v) is 8.65. The van der Waals surface area contributed by atoms with Crippen LogP contribution >= 0.6 is 0 Å². The molecule has 4 aromatic rings. The molecule has 2 aromatic carbocycles. The van der Waals surface area contributed by atoms with E-state index >= 15 is 0 Å². The first-order valence-electron chi connectivity index (χ1n) is 8.65. The smallest absolute Gasteiger partial charge is 0.288 e. The molecule has 1 atom stereocenters. The Labute approximate surface area is 158 Å². The number of phenols is 1. The van der Waals surface area contributed by atoms with E-state index in [1.807, 2.05) is 31.2 Å². The van der Waals surface area contributed by atoms with Crippen molar-refractivity contribution in [3.05, 3.63) is 75.6 Å². The Bertz CT molecular complexity index is 1230. The van der Waals surface area contributed by atoms with E-state index in [4.69, 9.17) is 0 Å². The van der Waals surface area contributed by atoms with Gasteiger partial charge in [0.15, 0.2) is 0 Å². The molecular formula is C19H15N7O2. The summed E-state index contributed by atoms with van der Waals surface area (Å²) in [5.74, 6) is 0.509. The van der Waals surface area contributed by atoms with E-state index in [0.717, 1.165) is 16.7 Å². The normalized spacial score (nSPS) is 14.8. The number of hydrogen-bond acceptors (Lipinski definition) is 7. The Balaban J connectivity index is 1.81. The quantitative estimate of drug-likeness (QED) is 0.433. The maximum atomic E-state index is 12.6. The molecule has 0 saturated carbocycles. The van der Waals surface area contributed by atoms with Gasteiger partial charge in [0.25, 0.3) is 5.56 Å². The van der Waals surface area contributed by atoms with Gasteiger partial charge in [-0.05, 0) is 35.0 Å². The van der Waals surface area contributed by atoms with Gasteiger partial charge in [0.1, 0.15) is 17.5 Å². The van der Waals surface area contributed by atoms with Crippen molar-refractivity contribution in [1.82, 2.24) is 30.4 Å². The van der Waals surface area contributed by atoms with Gasteiger partial charge in [0.2, 0.25) is 5.95 Å². The fourth-order valence-electron chi connectivity index (χ4n) is 3.43. The molecule has 3 heterocycles. The van der Waals surface area contributed by atoms with Crippen LogP contribution in [0, 0.1) is 6.92 Å². The lowest BCUT2D eigenvalue weighted by atomic mass is 9.92. The fraction of sp³-hybridized carbons (Fsp3) is 0.105. The lowest BCUT2D eigenvalue weighted by Gasteiger charge is -2.27. The SMILES string of the molecule is Cc1ccc(-c2n[nH]c(=O)c3c2C(c2ccc(O)cc2)n2nnnc2N3)cc1. The number of fused-ring (bicyclic) bond motifs is 2. The van der Waals surface area contributed by atoms with Crippen LogP contribution in [0.5, 0.6) is 5.75 Å². The van der Waals surface area contributed by atoms with Crippen molar-refractivity contribution in [1.29, 1.82) is 0 Å². The summed E-state index contributed by atoms with van der Waals surface area (Å²) in [6.07, 6.45) is 0. The summed E-state index contributed by atoms with van der Waals surface area (Å²) in [5.41, 5.74) is 4.09. The van der Waals surface area contributed by atoms with Gasteiger partial charge < -0.3 is 10.4 Å². The number of H-pyrrole nitrogens is 1. The highest BCUT2D eigenvalue weighted by Crippen LogP contribution is 2.41. The van der Waals surface area contributed by atoms with Crippen molar-refractivity contribution in [3.63, 3.8) is 0 Å². The molecule has 5 rings (SSSR count). The molecule has 0 bridgehead atoms. The van der Waals surface area contributed by atoms with Crippen molar-refractivity contribution in [2.75, 3.05) is 5.32 Å². The molecule has 0 amide bonds. The summed E-state index contributed by atoms with van der Waals surface area (Å²) < 4.78 is 1.60. The zero-order valence-corrected chi connectivity index (χ0v) is 14.8. The second-order valence-electron chi connectivity index (χ2n) is 6.62. The van der Waals surface area contributed by atoms with Crippen LogP contribution in [-0.2, 0) is 0 Å². The van der Waals surface area contributed by atoms with Crippen LogP contribution < -0.4 is 10.9 Å². The zero-order valence-electron chi connectivity index (χ0n) is 14.8. The minimum absolute atomic E-state index is 0.151. The number of hydrogen-bond donors (Lipinski definition) is 3. The minimum atomic E-state index is -0.479. The number of benzene rings is 2. The largest absolute Gasteiger partial charge is 0.508 e. The monoisotopic (exact) mass is 373 g/mol. The third-order valence-corrected chi connectivity index (χ3v) is 4.80. The van der Waals surface area contributed by atoms with Crippen LogP contribution in [-0.4, -0.2) is 35.5 Å². The molecule has 0 spiro atoms. The number of aromatic nitrogens is 6. The first-order chi connectivity index (χ1) is 13.6. The van der Waals surface area contributed by atoms with Crippen LogP contribution in [0.1, 0.15) is 22.7 Å². The zero-order chi connectivity index (χ0) is 19.3. The molecule has 0 aliphatic carbocycles. The number of anilines is 2. The number of tetrazole rings is 1. The van der Waals surface area contributed by atoms with Crippen molar-refractivity contribution in [2.45, 2.75) is 13.0 Å². The number of nitrogens with one attached hydrogen (secondary N) is 2. The van der Waals surface area contributed by atoms with E-state index in [1.165, 1.54) is 0 Å². The molecule has 1 aliphatic rings. The lowest BCUT2D eigenvalue weighted by Crippen LogP contribution is -2.29. The lowest BCUT2D eigenvalue weighted by molar-refractivity contribution is 0.474. The van der Waals surface area contributed by atoms with Gasteiger partial charge in [0.05, 0.1) is 5.69 Å². The summed E-state index contributed by atoms with van der Waals surface area (Å²) in [6.45, 7) is 2.01. The molecule has 0 radical (unpaired) electrons. The molecule has 0 saturated heterocycles. The van der Waals surface area contributed by atoms with Crippen molar-refractivity contribution >= 4 is 11.6 Å². The Hall–Kier alpha value is -4.01. The number of nitrogens with zero attached hydrogens (tertiary/aromatic N) is 5. The third kappa shape index (κ3) is 2.44. The number of phenolic OH excluding ortho intramolecular Hbond substituents is 1. The summed E-state index contributed by atoms with van der Waals surface area (Å²) in [5, 5.41) is 31.4. The van der Waals surface area contributed by atoms with E-state index in [2.05, 4.69) is 31.0 Å². The fourth-order valence-corrected chi connectivity index (χ4v) is 3.43. The van der Waals surface area contributed by atoms with Crippen LogP contribution in [0.3, 0.4) is 0 Å². The molecule has 9 heteroatoms. The molecule has 9 nitrogen and oxygen atoms in total. The molecule has 28 heavy (non-hydrogen) atoms. The molecule has 3 N–H and O–H groups in total. The van der Waals surface area contributed by atoms with Gasteiger partial charge in [-0.2, -0.15) is 9.78 Å². The summed E-state index contributed by atoms with van der Waals surface area (Å²) in [6, 6.07) is 14.2. The molecule has 1 aliphatic heterocycles. The molecule has 138 valence electrons. The molecule has 0 fully saturated rings. The van der Waals surface area contributed by atoms with Crippen molar-refractivity contribution in [2.24, 2.45) is 0 Å². The number of aromatic amines is 1. The molecular weight excluding hydrogens is 358 g/mol. The highest BCUT2D eigenvalue weighted by Gasteiger charge is 2.34. The highest BCUT2D eigenvalue weighted by molar-refractivity contribution is 5.75. The van der Waals surface area contributed by atoms with Gasteiger partial charge in [0, 0.05) is 11.1 Å². The standard InChI is InChI=1S/C19H15N7O2/c1-10-2-4-11(5-3-10)15-14-16(18(28)22-21-15)20-19-23-24-25-26(19)17(14)12-6-8-13(27)9-7-12/h2-9,17,27H,1H3,(H,22,28)(H,20,23,25). The van der Waals surface area contributed by atoms with Gasteiger partial charge in [-0.1, -0.05) is 47.1 Å². The van der Waals surface area contributed by atoms with E-state index in [0.29, 0.717) is 22.9 Å². The molecule has 2 aromatic heterocycles. The van der Waals surface area contributed by atoms with Crippen LogP contribution in [0.4, 0.5) is 11.6 Å². The second kappa shape index (κ2) is 6.02. The maximum Gasteiger partial charge on any atom is 0.288 e. The minimum Gasteiger partial charge on any atom is -0.508 e. The topological polar surface area (TPSA) is 122 Å². The second-order valence-corrected chi connectivity index (χ2v) is 6.62. The third-order valence-electron chi connectivity index (χ3n) is 4.80. The van der Waals surface area contributed by atoms with Crippen LogP contribution in [0.15, 0.2) is 53.3 Å². The number of rotatable bonds is 2. The van der Waals surface area contributed by atoms with Gasteiger partial charge in [-0.25, -0.2) is 5.10 Å². The Morgan fingerprint density at radius 3 is 2.57 bits per heavy atom. The van der Waals surface area contributed by atoms with E-state index in [1.54, 1.807) is 28.9 Å². The highest BCUT2D eigenvalue weighted by atomic mass is 16.3. The average Bonchev–Trinajstić information content (AvgIpc) is 3.17. The van der Waals surface area contributed by atoms with Gasteiger partial charge in [-0.15, -0.1) is 0 Å². The van der Waals surface area contributed by atoms with Gasteiger partial charge >= 0.3 is 0 Å². The van der Waals surface area contributed by atoms with Crippen molar-refractivity contribution in [3.8, 4) is 17.0 Å². The Morgan fingerprint density at radius 2 is 1.82 bits per heavy atom. The van der Waals surface area contributed by atoms with E-state index in [-0.39, 0.29) is 11.3 Å². The summed E-state index contributed by atoms with van der Waals surface area (Å²) in [7, 11) is 0. The average molecular weight is 373 g/mol. The summed E-state index contributed by atoms with van der Waals surface area (Å²) >= 11 is 0. The van der Waals surface area contributed by atoms with Crippen LogP contribution in [0.2, 0.25) is 0 Å². The van der Waals surface area contributed by atoms with Gasteiger partial charge in [-0.3, -0.25) is 4.79 Å². The van der Waals surface area contributed by atoms with Crippen LogP contribution in [0.25, 0.3) is 11.3 Å². The number of aryl methyl sites for hydroxylation is 1.